The molecule has 3 rings (SSSR count). The van der Waals surface area contributed by atoms with Crippen LogP contribution in [0.1, 0.15) is 38.5 Å². The number of hydrogen-bond acceptors (Lipinski definition) is 3. The number of ether oxygens (including phenoxy) is 1. The van der Waals surface area contributed by atoms with Crippen LogP contribution in [-0.2, 0) is 4.74 Å². The first-order valence-corrected chi connectivity index (χ1v) is 7.85. The van der Waals surface area contributed by atoms with E-state index < -0.39 is 0 Å². The topological polar surface area (TPSA) is 38.5 Å². The summed E-state index contributed by atoms with van der Waals surface area (Å²) in [5.74, 6) is 1.89. The largest absolute Gasteiger partial charge is 0.380 e. The molecule has 3 nitrogen and oxygen atoms in total. The van der Waals surface area contributed by atoms with Gasteiger partial charge in [-0.1, -0.05) is 12.8 Å². The zero-order chi connectivity index (χ0) is 12.4. The standard InChI is InChI=1S/C15H28N2O/c16-7-10-17-8-5-14(6-9-17)15(11-18-12-15)13-3-1-2-4-13/h13-14H,1-12,16H2. The summed E-state index contributed by atoms with van der Waals surface area (Å²) in [6, 6.07) is 0. The highest BCUT2D eigenvalue weighted by atomic mass is 16.5. The van der Waals surface area contributed by atoms with Gasteiger partial charge in [0, 0.05) is 18.5 Å². The summed E-state index contributed by atoms with van der Waals surface area (Å²) >= 11 is 0. The molecular weight excluding hydrogens is 224 g/mol. The van der Waals surface area contributed by atoms with Gasteiger partial charge in [0.15, 0.2) is 0 Å². The molecule has 0 spiro atoms. The minimum Gasteiger partial charge on any atom is -0.380 e. The molecule has 0 atom stereocenters. The third-order valence-electron chi connectivity index (χ3n) is 5.76. The van der Waals surface area contributed by atoms with Gasteiger partial charge in [-0.15, -0.1) is 0 Å². The average Bonchev–Trinajstić information content (AvgIpc) is 2.84. The van der Waals surface area contributed by atoms with Gasteiger partial charge in [-0.25, -0.2) is 0 Å². The molecule has 0 amide bonds. The summed E-state index contributed by atoms with van der Waals surface area (Å²) < 4.78 is 5.64. The fourth-order valence-corrected chi connectivity index (χ4v) is 4.56. The molecule has 0 aromatic heterocycles. The van der Waals surface area contributed by atoms with Crippen molar-refractivity contribution in [3.63, 3.8) is 0 Å². The molecule has 1 aliphatic carbocycles. The van der Waals surface area contributed by atoms with Crippen LogP contribution in [0.15, 0.2) is 0 Å². The van der Waals surface area contributed by atoms with Gasteiger partial charge in [0.1, 0.15) is 0 Å². The molecule has 0 aromatic carbocycles. The smallest absolute Gasteiger partial charge is 0.0550 e. The van der Waals surface area contributed by atoms with Crippen molar-refractivity contribution in [3.05, 3.63) is 0 Å². The van der Waals surface area contributed by atoms with Gasteiger partial charge in [-0.3, -0.25) is 0 Å². The first-order chi connectivity index (χ1) is 8.85. The van der Waals surface area contributed by atoms with Gasteiger partial charge in [0.25, 0.3) is 0 Å². The lowest BCUT2D eigenvalue weighted by molar-refractivity contribution is -0.185. The molecule has 0 aromatic rings. The van der Waals surface area contributed by atoms with Crippen molar-refractivity contribution in [3.8, 4) is 0 Å². The lowest BCUT2D eigenvalue weighted by atomic mass is 9.61. The molecule has 3 fully saturated rings. The molecule has 2 saturated heterocycles. The summed E-state index contributed by atoms with van der Waals surface area (Å²) in [6.45, 7) is 6.52. The Morgan fingerprint density at radius 3 is 2.11 bits per heavy atom. The molecule has 2 aliphatic heterocycles. The van der Waals surface area contributed by atoms with Crippen LogP contribution in [0.3, 0.4) is 0 Å². The Morgan fingerprint density at radius 1 is 1.00 bits per heavy atom. The molecule has 3 heteroatoms. The lowest BCUT2D eigenvalue weighted by Crippen LogP contribution is -2.55. The van der Waals surface area contributed by atoms with Crippen LogP contribution >= 0.6 is 0 Å². The number of hydrogen-bond donors (Lipinski definition) is 1. The van der Waals surface area contributed by atoms with E-state index in [0.717, 1.165) is 38.1 Å². The van der Waals surface area contributed by atoms with Crippen LogP contribution in [0.4, 0.5) is 0 Å². The van der Waals surface area contributed by atoms with Gasteiger partial charge >= 0.3 is 0 Å². The molecule has 0 bridgehead atoms. The fourth-order valence-electron chi connectivity index (χ4n) is 4.56. The highest BCUT2D eigenvalue weighted by Crippen LogP contribution is 2.52. The summed E-state index contributed by atoms with van der Waals surface area (Å²) in [6.07, 6.45) is 8.59. The second-order valence-electron chi connectivity index (χ2n) is 6.61. The second kappa shape index (κ2) is 5.48. The Bertz CT molecular complexity index is 264. The number of rotatable bonds is 4. The minimum absolute atomic E-state index is 0.575. The van der Waals surface area contributed by atoms with E-state index in [1.165, 1.54) is 51.6 Å². The van der Waals surface area contributed by atoms with E-state index in [4.69, 9.17) is 10.5 Å². The molecule has 18 heavy (non-hydrogen) atoms. The van der Waals surface area contributed by atoms with E-state index in [0.29, 0.717) is 5.41 Å². The molecular formula is C15H28N2O. The van der Waals surface area contributed by atoms with Gasteiger partial charge in [-0.05, 0) is 50.6 Å². The number of nitrogens with two attached hydrogens (primary N) is 1. The third-order valence-corrected chi connectivity index (χ3v) is 5.76. The Labute approximate surface area is 111 Å². The monoisotopic (exact) mass is 252 g/mol. The zero-order valence-electron chi connectivity index (χ0n) is 11.6. The van der Waals surface area contributed by atoms with E-state index >= 15 is 0 Å². The highest BCUT2D eigenvalue weighted by Gasteiger charge is 2.51. The van der Waals surface area contributed by atoms with Crippen molar-refractivity contribution in [1.29, 1.82) is 0 Å². The molecule has 1 saturated carbocycles. The highest BCUT2D eigenvalue weighted by molar-refractivity contribution is 4.99. The number of piperidine rings is 1. The zero-order valence-corrected chi connectivity index (χ0v) is 11.6. The second-order valence-corrected chi connectivity index (χ2v) is 6.61. The maximum Gasteiger partial charge on any atom is 0.0550 e. The van der Waals surface area contributed by atoms with E-state index in [1.54, 1.807) is 0 Å². The lowest BCUT2D eigenvalue weighted by Gasteiger charge is -2.53. The van der Waals surface area contributed by atoms with E-state index in [1.807, 2.05) is 0 Å². The Hall–Kier alpha value is -0.120. The molecule has 0 radical (unpaired) electrons. The van der Waals surface area contributed by atoms with Crippen LogP contribution in [0.2, 0.25) is 0 Å². The maximum atomic E-state index is 5.66. The molecule has 3 aliphatic rings. The number of likely N-dealkylation sites (tertiary alicyclic amines) is 1. The van der Waals surface area contributed by atoms with Crippen molar-refractivity contribution >= 4 is 0 Å². The first-order valence-electron chi connectivity index (χ1n) is 7.85. The van der Waals surface area contributed by atoms with Crippen molar-refractivity contribution in [1.82, 2.24) is 4.90 Å². The SMILES string of the molecule is NCCN1CCC(C2(C3CCCC3)COC2)CC1. The maximum absolute atomic E-state index is 5.66. The van der Waals surface area contributed by atoms with E-state index in [9.17, 15) is 0 Å². The molecule has 0 unspecified atom stereocenters. The van der Waals surface area contributed by atoms with Crippen molar-refractivity contribution < 1.29 is 4.74 Å². The Morgan fingerprint density at radius 2 is 1.61 bits per heavy atom. The van der Waals surface area contributed by atoms with Crippen LogP contribution < -0.4 is 5.73 Å². The average molecular weight is 252 g/mol. The first kappa shape index (κ1) is 12.9. The number of nitrogens with zero attached hydrogens (tertiary/aromatic N) is 1. The fraction of sp³-hybridized carbons (Fsp3) is 1.00. The van der Waals surface area contributed by atoms with Gasteiger partial charge < -0.3 is 15.4 Å². The predicted octanol–water partition coefficient (Wildman–Crippen LogP) is 1.86. The normalized spacial score (nSPS) is 30.5. The van der Waals surface area contributed by atoms with Crippen molar-refractivity contribution in [2.75, 3.05) is 39.4 Å². The van der Waals surface area contributed by atoms with Gasteiger partial charge in [0.2, 0.25) is 0 Å². The molecule has 104 valence electrons. The van der Waals surface area contributed by atoms with E-state index in [-0.39, 0.29) is 0 Å². The quantitative estimate of drug-likeness (QED) is 0.830. The Balaban J connectivity index is 1.59. The minimum atomic E-state index is 0.575. The van der Waals surface area contributed by atoms with Crippen LogP contribution in [-0.4, -0.2) is 44.3 Å². The van der Waals surface area contributed by atoms with Crippen molar-refractivity contribution in [2.45, 2.75) is 38.5 Å². The van der Waals surface area contributed by atoms with Gasteiger partial charge in [0.05, 0.1) is 13.2 Å². The Kier molecular flexibility index (Phi) is 3.92. The summed E-state index contributed by atoms with van der Waals surface area (Å²) in [4.78, 5) is 2.54. The molecule has 2 N–H and O–H groups in total. The van der Waals surface area contributed by atoms with Crippen molar-refractivity contribution in [2.24, 2.45) is 23.0 Å². The predicted molar refractivity (Wildman–Crippen MR) is 73.4 cm³/mol. The van der Waals surface area contributed by atoms with Crippen LogP contribution in [0, 0.1) is 17.3 Å². The summed E-state index contributed by atoms with van der Waals surface area (Å²) in [5.41, 5.74) is 6.23. The third kappa shape index (κ3) is 2.21. The van der Waals surface area contributed by atoms with Crippen LogP contribution in [0.5, 0.6) is 0 Å². The van der Waals surface area contributed by atoms with Gasteiger partial charge in [-0.2, -0.15) is 0 Å². The van der Waals surface area contributed by atoms with Crippen LogP contribution in [0.25, 0.3) is 0 Å². The molecule has 2 heterocycles. The summed E-state index contributed by atoms with van der Waals surface area (Å²) in [7, 11) is 0. The summed E-state index contributed by atoms with van der Waals surface area (Å²) in [5, 5.41) is 0. The van der Waals surface area contributed by atoms with E-state index in [2.05, 4.69) is 4.90 Å².